The molecular weight excluding hydrogens is 307 g/mol. The summed E-state index contributed by atoms with van der Waals surface area (Å²) in [7, 11) is 0. The van der Waals surface area contributed by atoms with Crippen LogP contribution in [0.3, 0.4) is 0 Å². The molecule has 0 radical (unpaired) electrons. The van der Waals surface area contributed by atoms with Crippen LogP contribution in [0.2, 0.25) is 0 Å². The molecule has 0 aromatic heterocycles. The van der Waals surface area contributed by atoms with Crippen LogP contribution in [0.5, 0.6) is 5.75 Å². The Balaban J connectivity index is 2.04. The molecule has 0 aliphatic rings. The molecule has 2 aromatic carbocycles. The van der Waals surface area contributed by atoms with Crippen molar-refractivity contribution in [2.24, 2.45) is 0 Å². The maximum absolute atomic E-state index is 13.6. The Morgan fingerprint density at radius 2 is 1.74 bits per heavy atom. The molecule has 0 aliphatic heterocycles. The Bertz CT molecular complexity index is 687. The minimum atomic E-state index is -1.67. The smallest absolute Gasteiger partial charge is 0.258 e. The largest absolute Gasteiger partial charge is 0.494 e. The van der Waals surface area contributed by atoms with Gasteiger partial charge in [0, 0.05) is 5.69 Å². The molecule has 122 valence electrons. The third-order valence-electron chi connectivity index (χ3n) is 3.16. The molecule has 23 heavy (non-hydrogen) atoms. The van der Waals surface area contributed by atoms with Crippen molar-refractivity contribution in [1.82, 2.24) is 0 Å². The van der Waals surface area contributed by atoms with Gasteiger partial charge in [0.25, 0.3) is 5.91 Å². The van der Waals surface area contributed by atoms with E-state index in [-0.39, 0.29) is 0 Å². The Morgan fingerprint density at radius 1 is 1.04 bits per heavy atom. The topological polar surface area (TPSA) is 38.3 Å². The van der Waals surface area contributed by atoms with Crippen molar-refractivity contribution < 1.29 is 22.7 Å². The van der Waals surface area contributed by atoms with E-state index in [9.17, 15) is 18.0 Å². The number of benzene rings is 2. The predicted molar refractivity (Wildman–Crippen MR) is 81.1 cm³/mol. The lowest BCUT2D eigenvalue weighted by Crippen LogP contribution is -2.15. The van der Waals surface area contributed by atoms with Crippen LogP contribution in [0, 0.1) is 17.5 Å². The van der Waals surface area contributed by atoms with Crippen molar-refractivity contribution in [2.45, 2.75) is 19.8 Å². The highest BCUT2D eigenvalue weighted by atomic mass is 19.2. The van der Waals surface area contributed by atoms with Crippen LogP contribution in [0.15, 0.2) is 36.4 Å². The van der Waals surface area contributed by atoms with Crippen LogP contribution in [-0.4, -0.2) is 12.5 Å². The second kappa shape index (κ2) is 7.67. The number of hydrogen-bond donors (Lipinski definition) is 1. The molecular formula is C17H16F3NO2. The first-order valence-corrected chi connectivity index (χ1v) is 7.20. The molecule has 1 amide bonds. The molecule has 3 nitrogen and oxygen atoms in total. The van der Waals surface area contributed by atoms with Gasteiger partial charge in [-0.2, -0.15) is 0 Å². The number of halogens is 3. The third-order valence-corrected chi connectivity index (χ3v) is 3.16. The average Bonchev–Trinajstić information content (AvgIpc) is 2.54. The van der Waals surface area contributed by atoms with E-state index in [1.165, 1.54) is 0 Å². The van der Waals surface area contributed by atoms with Gasteiger partial charge in [0.15, 0.2) is 17.5 Å². The lowest BCUT2D eigenvalue weighted by atomic mass is 10.1. The summed E-state index contributed by atoms with van der Waals surface area (Å²) in [5.74, 6) is -4.73. The first kappa shape index (κ1) is 16.9. The van der Waals surface area contributed by atoms with Gasteiger partial charge < -0.3 is 10.1 Å². The minimum Gasteiger partial charge on any atom is -0.494 e. The molecule has 0 spiro atoms. The Labute approximate surface area is 132 Å². The number of hydrogen-bond acceptors (Lipinski definition) is 2. The van der Waals surface area contributed by atoms with Crippen LogP contribution in [0.25, 0.3) is 0 Å². The first-order chi connectivity index (χ1) is 11.0. The lowest BCUT2D eigenvalue weighted by molar-refractivity contribution is 0.102. The second-order valence-electron chi connectivity index (χ2n) is 4.90. The molecule has 0 heterocycles. The van der Waals surface area contributed by atoms with Crippen molar-refractivity contribution >= 4 is 11.6 Å². The number of nitrogens with one attached hydrogen (secondary N) is 1. The molecule has 2 aromatic rings. The summed E-state index contributed by atoms with van der Waals surface area (Å²) in [6.45, 7) is 2.65. The van der Waals surface area contributed by atoms with Gasteiger partial charge in [0.2, 0.25) is 0 Å². The zero-order valence-corrected chi connectivity index (χ0v) is 12.5. The van der Waals surface area contributed by atoms with Gasteiger partial charge in [0.05, 0.1) is 12.2 Å². The Hall–Kier alpha value is -2.50. The van der Waals surface area contributed by atoms with Crippen LogP contribution in [0.1, 0.15) is 30.1 Å². The highest BCUT2D eigenvalue weighted by molar-refractivity contribution is 6.04. The normalized spacial score (nSPS) is 10.4. The standard InChI is InChI=1S/C17H16F3NO2/c1-2-3-10-23-12-6-4-11(5-7-12)21-17(22)13-8-9-14(18)16(20)15(13)19/h4-9H,2-3,10H2,1H3,(H,21,22). The summed E-state index contributed by atoms with van der Waals surface area (Å²) in [6, 6.07) is 8.08. The fourth-order valence-corrected chi connectivity index (χ4v) is 1.87. The summed E-state index contributed by atoms with van der Waals surface area (Å²) in [5.41, 5.74) is -0.172. The van der Waals surface area contributed by atoms with Crippen molar-refractivity contribution in [3.05, 3.63) is 59.4 Å². The number of carbonyl (C=O) groups excluding carboxylic acids is 1. The summed E-state index contributed by atoms with van der Waals surface area (Å²) in [4.78, 5) is 11.9. The monoisotopic (exact) mass is 323 g/mol. The van der Waals surface area contributed by atoms with Crippen molar-refractivity contribution in [3.63, 3.8) is 0 Å². The number of rotatable bonds is 6. The van der Waals surface area contributed by atoms with Gasteiger partial charge in [-0.1, -0.05) is 13.3 Å². The molecule has 0 fully saturated rings. The molecule has 0 saturated carbocycles. The van der Waals surface area contributed by atoms with Crippen LogP contribution >= 0.6 is 0 Å². The van der Waals surface area contributed by atoms with E-state index in [1.807, 2.05) is 0 Å². The van der Waals surface area contributed by atoms with Gasteiger partial charge in [0.1, 0.15) is 5.75 Å². The molecule has 0 saturated heterocycles. The van der Waals surface area contributed by atoms with Crippen molar-refractivity contribution in [2.75, 3.05) is 11.9 Å². The van der Waals surface area contributed by atoms with Gasteiger partial charge in [-0.05, 0) is 42.8 Å². The van der Waals surface area contributed by atoms with E-state index in [0.29, 0.717) is 24.1 Å². The first-order valence-electron chi connectivity index (χ1n) is 7.20. The van der Waals surface area contributed by atoms with E-state index in [4.69, 9.17) is 4.74 Å². The number of carbonyl (C=O) groups is 1. The second-order valence-corrected chi connectivity index (χ2v) is 4.90. The molecule has 0 unspecified atom stereocenters. The van der Waals surface area contributed by atoms with Crippen molar-refractivity contribution in [3.8, 4) is 5.75 Å². The van der Waals surface area contributed by atoms with E-state index < -0.39 is 28.9 Å². The predicted octanol–water partition coefficient (Wildman–Crippen LogP) is 4.54. The molecule has 1 N–H and O–H groups in total. The van der Waals surface area contributed by atoms with Crippen molar-refractivity contribution in [1.29, 1.82) is 0 Å². The van der Waals surface area contributed by atoms with Gasteiger partial charge in [-0.15, -0.1) is 0 Å². The van der Waals surface area contributed by atoms with Gasteiger partial charge in [-0.25, -0.2) is 13.2 Å². The molecule has 0 atom stereocenters. The van der Waals surface area contributed by atoms with Crippen LogP contribution in [-0.2, 0) is 0 Å². The molecule has 6 heteroatoms. The molecule has 0 aliphatic carbocycles. The number of unbranched alkanes of at least 4 members (excludes halogenated alkanes) is 1. The SMILES string of the molecule is CCCCOc1ccc(NC(=O)c2ccc(F)c(F)c2F)cc1. The summed E-state index contributed by atoms with van der Waals surface area (Å²) >= 11 is 0. The van der Waals surface area contributed by atoms with E-state index in [2.05, 4.69) is 12.2 Å². The van der Waals surface area contributed by atoms with Gasteiger partial charge >= 0.3 is 0 Å². The van der Waals surface area contributed by atoms with Gasteiger partial charge in [-0.3, -0.25) is 4.79 Å². The minimum absolute atomic E-state index is 0.391. The number of amides is 1. The van der Waals surface area contributed by atoms with Crippen LogP contribution < -0.4 is 10.1 Å². The zero-order chi connectivity index (χ0) is 16.8. The highest BCUT2D eigenvalue weighted by Gasteiger charge is 2.18. The maximum atomic E-state index is 13.6. The number of ether oxygens (including phenoxy) is 1. The van der Waals surface area contributed by atoms with E-state index >= 15 is 0 Å². The quantitative estimate of drug-likeness (QED) is 0.626. The fraction of sp³-hybridized carbons (Fsp3) is 0.235. The highest BCUT2D eigenvalue weighted by Crippen LogP contribution is 2.19. The lowest BCUT2D eigenvalue weighted by Gasteiger charge is -2.09. The summed E-state index contributed by atoms with van der Waals surface area (Å²) in [6.07, 6.45) is 1.96. The number of anilines is 1. The third kappa shape index (κ3) is 4.25. The van der Waals surface area contributed by atoms with E-state index in [1.54, 1.807) is 24.3 Å². The van der Waals surface area contributed by atoms with E-state index in [0.717, 1.165) is 18.9 Å². The van der Waals surface area contributed by atoms with Crippen LogP contribution in [0.4, 0.5) is 18.9 Å². The Morgan fingerprint density at radius 3 is 2.39 bits per heavy atom. The zero-order valence-electron chi connectivity index (χ0n) is 12.5. The molecule has 2 rings (SSSR count). The summed E-state index contributed by atoms with van der Waals surface area (Å²) < 4.78 is 45.0. The summed E-state index contributed by atoms with van der Waals surface area (Å²) in [5, 5.41) is 2.42. The Kier molecular flexibility index (Phi) is 5.62. The maximum Gasteiger partial charge on any atom is 0.258 e. The molecule has 0 bridgehead atoms. The average molecular weight is 323 g/mol. The fourth-order valence-electron chi connectivity index (χ4n) is 1.87.